The minimum absolute atomic E-state index is 0.165. The minimum atomic E-state index is -3.86. The summed E-state index contributed by atoms with van der Waals surface area (Å²) in [5.74, 6) is -0.366. The van der Waals surface area contributed by atoms with Gasteiger partial charge >= 0.3 is 0 Å². The summed E-state index contributed by atoms with van der Waals surface area (Å²) >= 11 is 1.39. The standard InChI is InChI=1S/C22H14FN3O2S2/c23-20-9-5-4-8-17(20)15-10-18-19(21-12-24-14-29-21)13-26(22(18)25-11-15)30(27,28)16-6-2-1-3-7-16/h1-14H. The maximum absolute atomic E-state index is 14.3. The highest BCUT2D eigenvalue weighted by Gasteiger charge is 2.23. The van der Waals surface area contributed by atoms with Gasteiger partial charge in [0.15, 0.2) is 5.65 Å². The Morgan fingerprint density at radius 1 is 0.933 bits per heavy atom. The highest BCUT2D eigenvalue weighted by molar-refractivity contribution is 7.90. The molecule has 0 amide bonds. The predicted octanol–water partition coefficient (Wildman–Crippen LogP) is 5.20. The van der Waals surface area contributed by atoms with Crippen molar-refractivity contribution >= 4 is 32.4 Å². The van der Waals surface area contributed by atoms with Crippen LogP contribution in [0.1, 0.15) is 0 Å². The molecule has 30 heavy (non-hydrogen) atoms. The van der Waals surface area contributed by atoms with Crippen LogP contribution in [0.5, 0.6) is 0 Å². The van der Waals surface area contributed by atoms with Gasteiger partial charge in [-0.2, -0.15) is 0 Å². The lowest BCUT2D eigenvalue weighted by molar-refractivity contribution is 0.589. The van der Waals surface area contributed by atoms with Crippen molar-refractivity contribution in [1.82, 2.24) is 13.9 Å². The number of fused-ring (bicyclic) bond motifs is 1. The van der Waals surface area contributed by atoms with Gasteiger partial charge in [0.1, 0.15) is 5.82 Å². The second-order valence-corrected chi connectivity index (χ2v) is 9.30. The molecule has 5 nitrogen and oxygen atoms in total. The molecule has 0 radical (unpaired) electrons. The lowest BCUT2D eigenvalue weighted by Crippen LogP contribution is -2.12. The number of halogens is 1. The van der Waals surface area contributed by atoms with Crippen LogP contribution in [-0.2, 0) is 10.0 Å². The summed E-state index contributed by atoms with van der Waals surface area (Å²) in [4.78, 5) is 9.50. The van der Waals surface area contributed by atoms with Gasteiger partial charge in [0.05, 0.1) is 15.3 Å². The zero-order valence-corrected chi connectivity index (χ0v) is 17.1. The van der Waals surface area contributed by atoms with Gasteiger partial charge in [-0.25, -0.2) is 21.8 Å². The topological polar surface area (TPSA) is 64.8 Å². The molecule has 0 atom stereocenters. The lowest BCUT2D eigenvalue weighted by Gasteiger charge is -2.07. The van der Waals surface area contributed by atoms with Crippen molar-refractivity contribution in [3.63, 3.8) is 0 Å². The molecule has 2 aromatic carbocycles. The molecule has 148 valence electrons. The summed E-state index contributed by atoms with van der Waals surface area (Å²) in [5.41, 5.74) is 3.61. The van der Waals surface area contributed by atoms with E-state index in [9.17, 15) is 12.8 Å². The van der Waals surface area contributed by atoms with E-state index in [2.05, 4.69) is 9.97 Å². The van der Waals surface area contributed by atoms with Crippen molar-refractivity contribution in [2.24, 2.45) is 0 Å². The molecule has 5 aromatic rings. The van der Waals surface area contributed by atoms with E-state index in [1.165, 1.54) is 27.6 Å². The summed E-state index contributed by atoms with van der Waals surface area (Å²) in [5, 5.41) is 0.611. The SMILES string of the molecule is O=S(=O)(c1ccccc1)n1cc(-c2cncs2)c2cc(-c3ccccc3F)cnc21. The van der Waals surface area contributed by atoms with E-state index >= 15 is 0 Å². The van der Waals surface area contributed by atoms with Gasteiger partial charge in [0.2, 0.25) is 0 Å². The van der Waals surface area contributed by atoms with Gasteiger partial charge < -0.3 is 0 Å². The van der Waals surface area contributed by atoms with E-state index in [1.807, 2.05) is 0 Å². The van der Waals surface area contributed by atoms with Crippen molar-refractivity contribution in [2.75, 3.05) is 0 Å². The number of benzene rings is 2. The normalized spacial score (nSPS) is 11.8. The number of thiazole rings is 1. The number of hydrogen-bond acceptors (Lipinski definition) is 5. The van der Waals surface area contributed by atoms with Crippen LogP contribution in [0.25, 0.3) is 32.6 Å². The van der Waals surface area contributed by atoms with Crippen LogP contribution in [0, 0.1) is 5.82 Å². The first-order valence-electron chi connectivity index (χ1n) is 9.01. The highest BCUT2D eigenvalue weighted by atomic mass is 32.2. The molecule has 0 saturated heterocycles. The molecule has 0 fully saturated rings. The maximum Gasteiger partial charge on any atom is 0.269 e. The molecular weight excluding hydrogens is 421 g/mol. The Kier molecular flexibility index (Phi) is 4.45. The fraction of sp³-hybridized carbons (Fsp3) is 0. The van der Waals surface area contributed by atoms with Crippen molar-refractivity contribution in [1.29, 1.82) is 0 Å². The van der Waals surface area contributed by atoms with Crippen LogP contribution in [0.15, 0.2) is 89.7 Å². The molecule has 8 heteroatoms. The summed E-state index contributed by atoms with van der Waals surface area (Å²) in [7, 11) is -3.86. The van der Waals surface area contributed by atoms with Gasteiger partial charge in [-0.3, -0.25) is 4.98 Å². The molecule has 3 aromatic heterocycles. The van der Waals surface area contributed by atoms with Crippen LogP contribution in [0.2, 0.25) is 0 Å². The quantitative estimate of drug-likeness (QED) is 0.389. The second kappa shape index (κ2) is 7.16. The van der Waals surface area contributed by atoms with Gasteiger partial charge in [-0.15, -0.1) is 11.3 Å². The van der Waals surface area contributed by atoms with Gasteiger partial charge in [-0.05, 0) is 24.3 Å². The van der Waals surface area contributed by atoms with E-state index < -0.39 is 10.0 Å². The number of rotatable bonds is 4. The lowest BCUT2D eigenvalue weighted by atomic mass is 10.0. The fourth-order valence-electron chi connectivity index (χ4n) is 3.36. The number of pyridine rings is 1. The van der Waals surface area contributed by atoms with Crippen LogP contribution in [0.3, 0.4) is 0 Å². The van der Waals surface area contributed by atoms with Gasteiger partial charge in [-0.1, -0.05) is 36.4 Å². The maximum atomic E-state index is 14.3. The molecule has 0 aliphatic heterocycles. The van der Waals surface area contributed by atoms with Gasteiger partial charge in [0.25, 0.3) is 10.0 Å². The van der Waals surface area contributed by atoms with Gasteiger partial charge in [0, 0.05) is 40.7 Å². The Hall–Kier alpha value is -3.36. The Labute approximate surface area is 176 Å². The molecule has 0 spiro atoms. The van der Waals surface area contributed by atoms with E-state index in [1.54, 1.807) is 72.5 Å². The molecule has 0 saturated carbocycles. The molecule has 0 aliphatic rings. The molecule has 0 bridgehead atoms. The first-order valence-corrected chi connectivity index (χ1v) is 11.3. The molecule has 0 N–H and O–H groups in total. The van der Waals surface area contributed by atoms with Crippen LogP contribution < -0.4 is 0 Å². The van der Waals surface area contributed by atoms with E-state index in [0.717, 1.165) is 4.88 Å². The van der Waals surface area contributed by atoms with Crippen molar-refractivity contribution in [3.05, 3.63) is 90.6 Å². The zero-order valence-electron chi connectivity index (χ0n) is 15.4. The third-order valence-corrected chi connectivity index (χ3v) is 7.27. The molecule has 3 heterocycles. The monoisotopic (exact) mass is 435 g/mol. The number of aromatic nitrogens is 3. The Morgan fingerprint density at radius 3 is 2.43 bits per heavy atom. The summed E-state index contributed by atoms with van der Waals surface area (Å²) in [6.45, 7) is 0. The molecule has 5 rings (SSSR count). The Bertz CT molecular complexity index is 1460. The summed E-state index contributed by atoms with van der Waals surface area (Å²) in [6, 6.07) is 16.4. The molecule has 0 unspecified atom stereocenters. The van der Waals surface area contributed by atoms with E-state index in [-0.39, 0.29) is 16.4 Å². The van der Waals surface area contributed by atoms with Crippen LogP contribution in [0.4, 0.5) is 4.39 Å². The summed E-state index contributed by atoms with van der Waals surface area (Å²) < 4.78 is 42.1. The molecular formula is C22H14FN3O2S2. The predicted molar refractivity (Wildman–Crippen MR) is 115 cm³/mol. The first-order chi connectivity index (χ1) is 14.6. The minimum Gasteiger partial charge on any atom is -0.252 e. The first kappa shape index (κ1) is 18.7. The van der Waals surface area contributed by atoms with Crippen LogP contribution >= 0.6 is 11.3 Å². The van der Waals surface area contributed by atoms with E-state index in [0.29, 0.717) is 22.1 Å². The average Bonchev–Trinajstić information content (AvgIpc) is 3.42. The number of hydrogen-bond donors (Lipinski definition) is 0. The highest BCUT2D eigenvalue weighted by Crippen LogP contribution is 2.36. The molecule has 0 aliphatic carbocycles. The largest absolute Gasteiger partial charge is 0.269 e. The summed E-state index contributed by atoms with van der Waals surface area (Å²) in [6.07, 6.45) is 4.72. The smallest absolute Gasteiger partial charge is 0.252 e. The fourth-order valence-corrected chi connectivity index (χ4v) is 5.35. The third kappa shape index (κ3) is 3.01. The zero-order chi connectivity index (χ0) is 20.7. The number of nitrogens with zero attached hydrogens (tertiary/aromatic N) is 3. The second-order valence-electron chi connectivity index (χ2n) is 6.60. The van der Waals surface area contributed by atoms with Crippen LogP contribution in [-0.4, -0.2) is 22.4 Å². The van der Waals surface area contributed by atoms with Crippen molar-refractivity contribution < 1.29 is 12.8 Å². The van der Waals surface area contributed by atoms with E-state index in [4.69, 9.17) is 0 Å². The van der Waals surface area contributed by atoms with Crippen molar-refractivity contribution in [3.8, 4) is 21.6 Å². The average molecular weight is 436 g/mol. The Balaban J connectivity index is 1.79. The Morgan fingerprint density at radius 2 is 1.70 bits per heavy atom. The van der Waals surface area contributed by atoms with Crippen molar-refractivity contribution in [2.45, 2.75) is 4.90 Å². The third-order valence-electron chi connectivity index (χ3n) is 4.79.